The molecule has 2 heterocycles. The first kappa shape index (κ1) is 18.9. The minimum absolute atomic E-state index is 0.0394. The Labute approximate surface area is 159 Å². The Kier molecular flexibility index (Phi) is 5.94. The molecule has 3 rings (SSSR count). The number of nitrogens with one attached hydrogen (secondary N) is 1. The zero-order valence-electron chi connectivity index (χ0n) is 15.9. The summed E-state index contributed by atoms with van der Waals surface area (Å²) in [5.74, 6) is 1.43. The fourth-order valence-corrected chi connectivity index (χ4v) is 4.62. The maximum atomic E-state index is 13.3. The van der Waals surface area contributed by atoms with E-state index < -0.39 is 0 Å². The number of hydrogen-bond donors (Lipinski definition) is 1. The summed E-state index contributed by atoms with van der Waals surface area (Å²) in [5, 5.41) is 4.45. The molecule has 6 heteroatoms. The molecular weight excluding hydrogens is 346 g/mol. The molecule has 2 aromatic rings. The van der Waals surface area contributed by atoms with E-state index in [2.05, 4.69) is 24.1 Å². The number of piperazine rings is 1. The van der Waals surface area contributed by atoms with Crippen LogP contribution in [0.4, 0.5) is 0 Å². The van der Waals surface area contributed by atoms with Gasteiger partial charge in [0.05, 0.1) is 23.9 Å². The molecule has 1 amide bonds. The average molecular weight is 374 g/mol. The third-order valence-corrected chi connectivity index (χ3v) is 5.79. The lowest BCUT2D eigenvalue weighted by molar-refractivity contribution is 0.0635. The first-order valence-electron chi connectivity index (χ1n) is 9.12. The van der Waals surface area contributed by atoms with Crippen LogP contribution in [0.1, 0.15) is 45.8 Å². The van der Waals surface area contributed by atoms with Crippen LogP contribution in [0.15, 0.2) is 24.3 Å². The van der Waals surface area contributed by atoms with Gasteiger partial charge in [0, 0.05) is 31.6 Å². The quantitative estimate of drug-likeness (QED) is 0.872. The van der Waals surface area contributed by atoms with Crippen molar-refractivity contribution in [2.75, 3.05) is 26.7 Å². The molecule has 1 saturated heterocycles. The summed E-state index contributed by atoms with van der Waals surface area (Å²) in [6, 6.07) is 7.90. The number of hydrogen-bond acceptors (Lipinski definition) is 5. The highest BCUT2D eigenvalue weighted by atomic mass is 32.1. The van der Waals surface area contributed by atoms with E-state index in [-0.39, 0.29) is 11.9 Å². The van der Waals surface area contributed by atoms with E-state index in [0.29, 0.717) is 12.5 Å². The second-order valence-electron chi connectivity index (χ2n) is 7.08. The zero-order chi connectivity index (χ0) is 18.7. The van der Waals surface area contributed by atoms with Gasteiger partial charge >= 0.3 is 0 Å². The molecule has 5 nitrogen and oxygen atoms in total. The fraction of sp³-hybridized carbons (Fsp3) is 0.500. The third-order valence-electron chi connectivity index (χ3n) is 4.62. The van der Waals surface area contributed by atoms with Crippen LogP contribution in [0.2, 0.25) is 0 Å². The zero-order valence-corrected chi connectivity index (χ0v) is 16.7. The number of benzene rings is 1. The Balaban J connectivity index is 1.90. The number of aromatic nitrogens is 1. The second-order valence-corrected chi connectivity index (χ2v) is 8.16. The highest BCUT2D eigenvalue weighted by Crippen LogP contribution is 2.32. The molecule has 1 aromatic heterocycles. The molecule has 0 radical (unpaired) electrons. The lowest BCUT2D eigenvalue weighted by Crippen LogP contribution is -2.48. The van der Waals surface area contributed by atoms with Crippen molar-refractivity contribution < 1.29 is 9.53 Å². The largest absolute Gasteiger partial charge is 0.496 e. The SMILES string of the molecule is COc1ccccc1C1CNCCN1C(=O)c1sc(CC(C)C)nc1C. The van der Waals surface area contributed by atoms with Gasteiger partial charge in [-0.05, 0) is 18.9 Å². The number of para-hydroxylation sites is 1. The fourth-order valence-electron chi connectivity index (χ4n) is 3.38. The van der Waals surface area contributed by atoms with Gasteiger partial charge in [-0.1, -0.05) is 32.0 Å². The first-order chi connectivity index (χ1) is 12.5. The Morgan fingerprint density at radius 2 is 2.19 bits per heavy atom. The van der Waals surface area contributed by atoms with Crippen LogP contribution >= 0.6 is 11.3 Å². The molecule has 0 aliphatic carbocycles. The molecule has 0 spiro atoms. The Morgan fingerprint density at radius 1 is 1.42 bits per heavy atom. The van der Waals surface area contributed by atoms with Gasteiger partial charge < -0.3 is 15.0 Å². The molecule has 26 heavy (non-hydrogen) atoms. The maximum absolute atomic E-state index is 13.3. The van der Waals surface area contributed by atoms with E-state index in [1.807, 2.05) is 36.1 Å². The minimum atomic E-state index is -0.0394. The van der Waals surface area contributed by atoms with Crippen LogP contribution in [0, 0.1) is 12.8 Å². The monoisotopic (exact) mass is 373 g/mol. The number of methoxy groups -OCH3 is 1. The number of amides is 1. The molecule has 1 fully saturated rings. The predicted molar refractivity (Wildman–Crippen MR) is 105 cm³/mol. The summed E-state index contributed by atoms with van der Waals surface area (Å²) in [6.07, 6.45) is 0.913. The van der Waals surface area contributed by atoms with Gasteiger partial charge in [0.25, 0.3) is 5.91 Å². The third kappa shape index (κ3) is 3.91. The summed E-state index contributed by atoms with van der Waals surface area (Å²) >= 11 is 1.54. The number of rotatable bonds is 5. The Morgan fingerprint density at radius 3 is 2.92 bits per heavy atom. The van der Waals surface area contributed by atoms with Gasteiger partial charge in [0.2, 0.25) is 0 Å². The van der Waals surface area contributed by atoms with Crippen molar-refractivity contribution in [2.45, 2.75) is 33.2 Å². The normalized spacial score (nSPS) is 17.6. The van der Waals surface area contributed by atoms with Gasteiger partial charge in [0.15, 0.2) is 0 Å². The van der Waals surface area contributed by atoms with Crippen LogP contribution in [-0.2, 0) is 6.42 Å². The molecule has 0 saturated carbocycles. The minimum Gasteiger partial charge on any atom is -0.496 e. The van der Waals surface area contributed by atoms with E-state index in [0.717, 1.165) is 46.4 Å². The van der Waals surface area contributed by atoms with Crippen molar-refractivity contribution in [3.63, 3.8) is 0 Å². The number of aryl methyl sites for hydroxylation is 1. The summed E-state index contributed by atoms with van der Waals surface area (Å²) in [6.45, 7) is 8.49. The highest BCUT2D eigenvalue weighted by molar-refractivity contribution is 7.13. The van der Waals surface area contributed by atoms with Crippen molar-refractivity contribution in [1.82, 2.24) is 15.2 Å². The molecule has 140 valence electrons. The number of carbonyl (C=O) groups excluding carboxylic acids is 1. The van der Waals surface area contributed by atoms with Crippen LogP contribution < -0.4 is 10.1 Å². The van der Waals surface area contributed by atoms with Gasteiger partial charge in [-0.2, -0.15) is 0 Å². The number of thiazole rings is 1. The number of carbonyl (C=O) groups is 1. The van der Waals surface area contributed by atoms with Gasteiger partial charge in [0.1, 0.15) is 10.6 Å². The molecule has 1 unspecified atom stereocenters. The smallest absolute Gasteiger partial charge is 0.266 e. The predicted octanol–water partition coefficient (Wildman–Crippen LogP) is 3.45. The Hall–Kier alpha value is -1.92. The van der Waals surface area contributed by atoms with Crippen molar-refractivity contribution in [2.24, 2.45) is 5.92 Å². The van der Waals surface area contributed by atoms with E-state index >= 15 is 0 Å². The molecule has 0 bridgehead atoms. The summed E-state index contributed by atoms with van der Waals surface area (Å²) < 4.78 is 5.53. The van der Waals surface area contributed by atoms with Gasteiger partial charge in [-0.15, -0.1) is 11.3 Å². The number of ether oxygens (including phenoxy) is 1. The highest BCUT2D eigenvalue weighted by Gasteiger charge is 2.32. The van der Waals surface area contributed by atoms with Crippen molar-refractivity contribution >= 4 is 17.2 Å². The molecule has 1 atom stereocenters. The van der Waals surface area contributed by atoms with Crippen LogP contribution in [0.25, 0.3) is 0 Å². The van der Waals surface area contributed by atoms with Crippen molar-refractivity contribution in [3.05, 3.63) is 45.4 Å². The molecule has 1 aliphatic heterocycles. The lowest BCUT2D eigenvalue weighted by Gasteiger charge is -2.37. The topological polar surface area (TPSA) is 54.5 Å². The van der Waals surface area contributed by atoms with E-state index in [1.54, 1.807) is 18.4 Å². The van der Waals surface area contributed by atoms with E-state index in [1.165, 1.54) is 0 Å². The summed E-state index contributed by atoms with van der Waals surface area (Å²) in [4.78, 5) is 20.7. The molecule has 1 aliphatic rings. The molecule has 1 aromatic carbocycles. The summed E-state index contributed by atoms with van der Waals surface area (Å²) in [5.41, 5.74) is 1.88. The molecular formula is C20H27N3O2S. The van der Waals surface area contributed by atoms with Crippen LogP contribution in [0.5, 0.6) is 5.75 Å². The van der Waals surface area contributed by atoms with Crippen LogP contribution in [0.3, 0.4) is 0 Å². The van der Waals surface area contributed by atoms with Gasteiger partial charge in [-0.3, -0.25) is 4.79 Å². The molecule has 1 N–H and O–H groups in total. The summed E-state index contributed by atoms with van der Waals surface area (Å²) in [7, 11) is 1.67. The van der Waals surface area contributed by atoms with E-state index in [4.69, 9.17) is 4.74 Å². The van der Waals surface area contributed by atoms with Crippen LogP contribution in [-0.4, -0.2) is 42.5 Å². The average Bonchev–Trinajstić information content (AvgIpc) is 3.00. The van der Waals surface area contributed by atoms with Crippen molar-refractivity contribution in [1.29, 1.82) is 0 Å². The van der Waals surface area contributed by atoms with Gasteiger partial charge in [-0.25, -0.2) is 4.98 Å². The lowest BCUT2D eigenvalue weighted by atomic mass is 10.0. The standard InChI is InChI=1S/C20H27N3O2S/c1-13(2)11-18-22-14(3)19(26-18)20(24)23-10-9-21-12-16(23)15-7-5-6-8-17(15)25-4/h5-8,13,16,21H,9-12H2,1-4H3. The first-order valence-corrected chi connectivity index (χ1v) is 9.93. The van der Waals surface area contributed by atoms with E-state index in [9.17, 15) is 4.79 Å². The van der Waals surface area contributed by atoms with Crippen molar-refractivity contribution in [3.8, 4) is 5.75 Å². The number of nitrogens with zero attached hydrogens (tertiary/aromatic N) is 2. The maximum Gasteiger partial charge on any atom is 0.266 e. The second kappa shape index (κ2) is 8.18. The Bertz CT molecular complexity index is 772.